The zero-order valence-corrected chi connectivity index (χ0v) is 12.6. The van der Waals surface area contributed by atoms with E-state index in [4.69, 9.17) is 5.73 Å². The molecule has 1 aliphatic rings. The normalized spacial score (nSPS) is 20.4. The maximum atomic E-state index is 12.5. The predicted octanol–water partition coefficient (Wildman–Crippen LogP) is 2.62. The Labute approximate surface area is 122 Å². The molecule has 2 rings (SSSR count). The summed E-state index contributed by atoms with van der Waals surface area (Å²) >= 11 is 0. The molecule has 3 heteroatoms. The van der Waals surface area contributed by atoms with Gasteiger partial charge in [-0.15, -0.1) is 0 Å². The van der Waals surface area contributed by atoms with Crippen LogP contribution in [0.4, 0.5) is 0 Å². The summed E-state index contributed by atoms with van der Waals surface area (Å²) in [6.07, 6.45) is 1.95. The van der Waals surface area contributed by atoms with Crippen LogP contribution in [-0.2, 0) is 4.79 Å². The van der Waals surface area contributed by atoms with E-state index in [1.165, 1.54) is 5.56 Å². The van der Waals surface area contributed by atoms with E-state index in [-0.39, 0.29) is 11.8 Å². The van der Waals surface area contributed by atoms with Crippen molar-refractivity contribution in [2.24, 2.45) is 17.6 Å². The van der Waals surface area contributed by atoms with Gasteiger partial charge < -0.3 is 10.6 Å². The van der Waals surface area contributed by atoms with Crippen LogP contribution < -0.4 is 5.73 Å². The SMILES string of the molecule is CC(C)CC(CN)C(=O)N1CCC(c2ccccc2)C1. The zero-order valence-electron chi connectivity index (χ0n) is 12.6. The molecular weight excluding hydrogens is 248 g/mol. The van der Waals surface area contributed by atoms with Gasteiger partial charge in [0.25, 0.3) is 0 Å². The van der Waals surface area contributed by atoms with E-state index in [1.54, 1.807) is 0 Å². The third-order valence-corrected chi connectivity index (χ3v) is 4.16. The second kappa shape index (κ2) is 6.89. The van der Waals surface area contributed by atoms with Crippen LogP contribution in [0.5, 0.6) is 0 Å². The molecule has 1 aliphatic heterocycles. The molecule has 3 nitrogen and oxygen atoms in total. The monoisotopic (exact) mass is 274 g/mol. The smallest absolute Gasteiger partial charge is 0.226 e. The molecule has 2 unspecified atom stereocenters. The van der Waals surface area contributed by atoms with Crippen molar-refractivity contribution in [3.63, 3.8) is 0 Å². The molecule has 110 valence electrons. The summed E-state index contributed by atoms with van der Waals surface area (Å²) in [5, 5.41) is 0. The molecule has 1 aromatic rings. The van der Waals surface area contributed by atoms with Crippen molar-refractivity contribution >= 4 is 5.91 Å². The predicted molar refractivity (Wildman–Crippen MR) is 82.4 cm³/mol. The van der Waals surface area contributed by atoms with Gasteiger partial charge in [0, 0.05) is 25.6 Å². The van der Waals surface area contributed by atoms with Crippen molar-refractivity contribution in [1.29, 1.82) is 0 Å². The minimum atomic E-state index is -0.00970. The summed E-state index contributed by atoms with van der Waals surface area (Å²) in [7, 11) is 0. The molecule has 2 atom stereocenters. The Balaban J connectivity index is 1.96. The third-order valence-electron chi connectivity index (χ3n) is 4.16. The molecule has 2 N–H and O–H groups in total. The third kappa shape index (κ3) is 3.60. The highest BCUT2D eigenvalue weighted by Gasteiger charge is 2.31. The fraction of sp³-hybridized carbons (Fsp3) is 0.588. The first-order valence-electron chi connectivity index (χ1n) is 7.65. The zero-order chi connectivity index (χ0) is 14.5. The molecule has 0 aliphatic carbocycles. The number of benzene rings is 1. The highest BCUT2D eigenvalue weighted by Crippen LogP contribution is 2.28. The molecule has 0 saturated carbocycles. The van der Waals surface area contributed by atoms with Crippen molar-refractivity contribution in [2.45, 2.75) is 32.6 Å². The van der Waals surface area contributed by atoms with E-state index >= 15 is 0 Å². The lowest BCUT2D eigenvalue weighted by atomic mass is 9.95. The molecule has 1 fully saturated rings. The summed E-state index contributed by atoms with van der Waals surface area (Å²) in [4.78, 5) is 14.5. The first-order valence-corrected chi connectivity index (χ1v) is 7.65. The second-order valence-corrected chi connectivity index (χ2v) is 6.24. The summed E-state index contributed by atoms with van der Waals surface area (Å²) in [6, 6.07) is 10.5. The van der Waals surface area contributed by atoms with E-state index in [0.29, 0.717) is 18.4 Å². The number of nitrogens with two attached hydrogens (primary N) is 1. The first kappa shape index (κ1) is 15.0. The van der Waals surface area contributed by atoms with E-state index in [2.05, 4.69) is 38.1 Å². The van der Waals surface area contributed by atoms with Crippen LogP contribution in [0.25, 0.3) is 0 Å². The highest BCUT2D eigenvalue weighted by molar-refractivity contribution is 5.79. The maximum Gasteiger partial charge on any atom is 0.226 e. The highest BCUT2D eigenvalue weighted by atomic mass is 16.2. The van der Waals surface area contributed by atoms with Crippen molar-refractivity contribution < 1.29 is 4.79 Å². The van der Waals surface area contributed by atoms with Gasteiger partial charge in [-0.1, -0.05) is 44.2 Å². The van der Waals surface area contributed by atoms with E-state index < -0.39 is 0 Å². The summed E-state index contributed by atoms with van der Waals surface area (Å²) in [6.45, 7) is 6.47. The van der Waals surface area contributed by atoms with Gasteiger partial charge in [0.2, 0.25) is 5.91 Å². The summed E-state index contributed by atoms with van der Waals surface area (Å²) in [5.74, 6) is 1.24. The molecule has 1 heterocycles. The van der Waals surface area contributed by atoms with Crippen LogP contribution in [0, 0.1) is 11.8 Å². The number of likely N-dealkylation sites (tertiary alicyclic amines) is 1. The molecule has 0 bridgehead atoms. The summed E-state index contributed by atoms with van der Waals surface area (Å²) < 4.78 is 0. The van der Waals surface area contributed by atoms with Crippen LogP contribution >= 0.6 is 0 Å². The molecule has 0 radical (unpaired) electrons. The van der Waals surface area contributed by atoms with Gasteiger partial charge in [0.05, 0.1) is 5.92 Å². The Morgan fingerprint density at radius 2 is 2.05 bits per heavy atom. The van der Waals surface area contributed by atoms with Gasteiger partial charge in [-0.2, -0.15) is 0 Å². The van der Waals surface area contributed by atoms with Gasteiger partial charge in [0.15, 0.2) is 0 Å². The van der Waals surface area contributed by atoms with Gasteiger partial charge >= 0.3 is 0 Å². The Hall–Kier alpha value is -1.35. The molecule has 20 heavy (non-hydrogen) atoms. The molecule has 1 saturated heterocycles. The number of amides is 1. The van der Waals surface area contributed by atoms with Crippen LogP contribution in [0.2, 0.25) is 0 Å². The van der Waals surface area contributed by atoms with Gasteiger partial charge in [-0.05, 0) is 24.3 Å². The minimum absolute atomic E-state index is 0.00970. The van der Waals surface area contributed by atoms with Crippen LogP contribution in [0.3, 0.4) is 0 Å². The van der Waals surface area contributed by atoms with E-state index in [9.17, 15) is 4.79 Å². The Morgan fingerprint density at radius 3 is 2.65 bits per heavy atom. The van der Waals surface area contributed by atoms with Crippen LogP contribution in [-0.4, -0.2) is 30.4 Å². The van der Waals surface area contributed by atoms with Gasteiger partial charge in [-0.25, -0.2) is 0 Å². The molecular formula is C17H26N2O. The number of nitrogens with zero attached hydrogens (tertiary/aromatic N) is 1. The average molecular weight is 274 g/mol. The lowest BCUT2D eigenvalue weighted by Crippen LogP contribution is -2.38. The van der Waals surface area contributed by atoms with Crippen molar-refractivity contribution in [2.75, 3.05) is 19.6 Å². The van der Waals surface area contributed by atoms with Crippen molar-refractivity contribution in [3.05, 3.63) is 35.9 Å². The molecule has 0 aromatic heterocycles. The molecule has 0 spiro atoms. The van der Waals surface area contributed by atoms with Gasteiger partial charge in [-0.3, -0.25) is 4.79 Å². The van der Waals surface area contributed by atoms with Crippen molar-refractivity contribution in [1.82, 2.24) is 4.90 Å². The number of rotatable bonds is 5. The van der Waals surface area contributed by atoms with Crippen LogP contribution in [0.1, 0.15) is 38.2 Å². The number of hydrogen-bond donors (Lipinski definition) is 1. The number of hydrogen-bond acceptors (Lipinski definition) is 2. The lowest BCUT2D eigenvalue weighted by Gasteiger charge is -2.24. The Morgan fingerprint density at radius 1 is 1.35 bits per heavy atom. The van der Waals surface area contributed by atoms with E-state index in [0.717, 1.165) is 25.9 Å². The van der Waals surface area contributed by atoms with Gasteiger partial charge in [0.1, 0.15) is 0 Å². The lowest BCUT2D eigenvalue weighted by molar-refractivity contribution is -0.134. The number of carbonyl (C=O) groups is 1. The maximum absolute atomic E-state index is 12.5. The average Bonchev–Trinajstić information content (AvgIpc) is 2.94. The summed E-state index contributed by atoms with van der Waals surface area (Å²) in [5.41, 5.74) is 7.13. The topological polar surface area (TPSA) is 46.3 Å². The first-order chi connectivity index (χ1) is 9.61. The molecule has 1 amide bonds. The fourth-order valence-electron chi connectivity index (χ4n) is 3.08. The minimum Gasteiger partial charge on any atom is -0.342 e. The standard InChI is InChI=1S/C17H26N2O/c1-13(2)10-16(11-18)17(20)19-9-8-15(12-19)14-6-4-3-5-7-14/h3-7,13,15-16H,8-12,18H2,1-2H3. The second-order valence-electron chi connectivity index (χ2n) is 6.24. The van der Waals surface area contributed by atoms with Crippen LogP contribution in [0.15, 0.2) is 30.3 Å². The quantitative estimate of drug-likeness (QED) is 0.897. The molecule has 1 aromatic carbocycles. The fourth-order valence-corrected chi connectivity index (χ4v) is 3.08. The number of carbonyl (C=O) groups excluding carboxylic acids is 1. The Bertz CT molecular complexity index is 430. The van der Waals surface area contributed by atoms with Crippen molar-refractivity contribution in [3.8, 4) is 0 Å². The largest absolute Gasteiger partial charge is 0.342 e. The Kier molecular flexibility index (Phi) is 5.18. The van der Waals surface area contributed by atoms with E-state index in [1.807, 2.05) is 11.0 Å².